The Balaban J connectivity index is -0.000000177. The molecule has 0 aromatic heterocycles. The Kier molecular flexibility index (Phi) is 13.2. The van der Waals surface area contributed by atoms with Gasteiger partial charge in [0.2, 0.25) is 0 Å². The summed E-state index contributed by atoms with van der Waals surface area (Å²) in [4.78, 5) is 30.8. The van der Waals surface area contributed by atoms with Gasteiger partial charge in [0.15, 0.2) is 0 Å². The molecule has 104 valence electrons. The minimum absolute atomic E-state index is 0.833. The van der Waals surface area contributed by atoms with E-state index in [1.807, 2.05) is 0 Å². The highest BCUT2D eigenvalue weighted by atomic mass is 31.2. The summed E-state index contributed by atoms with van der Waals surface area (Å²) in [6, 6.07) is 0. The standard InChI is InChI=1S/C6H16N.C3H4O2.H3O4P/c1-5-6-7(2,3)4;1-2-3(4)5;1-5(2,3)4/h5-6H2,1-4H3;2H,1H2,(H,4,5);(H3,1,2,3,4)/q+1;;. The van der Waals surface area contributed by atoms with E-state index in [0.717, 1.165) is 10.6 Å². The van der Waals surface area contributed by atoms with Gasteiger partial charge in [-0.1, -0.05) is 13.5 Å². The second-order valence-corrected chi connectivity index (χ2v) is 5.10. The molecule has 0 aromatic carbocycles. The SMILES string of the molecule is C=CC(=O)O.CCC[N+](C)(C)C.O=P(O)(O)O. The van der Waals surface area contributed by atoms with Crippen LogP contribution < -0.4 is 0 Å². The van der Waals surface area contributed by atoms with Crippen molar-refractivity contribution in [2.75, 3.05) is 27.7 Å². The third kappa shape index (κ3) is 96.7. The molecule has 0 bridgehead atoms. The number of hydrogen-bond acceptors (Lipinski definition) is 2. The zero-order valence-corrected chi connectivity index (χ0v) is 11.6. The minimum atomic E-state index is -4.64. The number of carbonyl (C=O) groups is 1. The molecule has 0 spiro atoms. The summed E-state index contributed by atoms with van der Waals surface area (Å²) in [5.74, 6) is -0.981. The first-order chi connectivity index (χ1) is 7.33. The number of carboxylic acids is 1. The quantitative estimate of drug-likeness (QED) is 0.336. The maximum Gasteiger partial charge on any atom is 0.466 e. The number of aliphatic carboxylic acids is 1. The van der Waals surface area contributed by atoms with Gasteiger partial charge in [-0.25, -0.2) is 9.36 Å². The van der Waals surface area contributed by atoms with Crippen LogP contribution in [0.1, 0.15) is 13.3 Å². The van der Waals surface area contributed by atoms with Gasteiger partial charge in [-0.2, -0.15) is 0 Å². The van der Waals surface area contributed by atoms with Crippen molar-refractivity contribution in [3.8, 4) is 0 Å². The van der Waals surface area contributed by atoms with Crippen LogP contribution >= 0.6 is 7.82 Å². The molecular weight excluding hydrogens is 249 g/mol. The van der Waals surface area contributed by atoms with Gasteiger partial charge in [0.05, 0.1) is 27.7 Å². The van der Waals surface area contributed by atoms with Gasteiger partial charge in [-0.05, 0) is 6.42 Å². The molecule has 0 radical (unpaired) electrons. The fraction of sp³-hybridized carbons (Fsp3) is 0.667. The smallest absolute Gasteiger partial charge is 0.466 e. The van der Waals surface area contributed by atoms with E-state index in [1.54, 1.807) is 0 Å². The van der Waals surface area contributed by atoms with Crippen LogP contribution in [0.25, 0.3) is 0 Å². The van der Waals surface area contributed by atoms with Crippen LogP contribution in [0.3, 0.4) is 0 Å². The molecule has 0 aromatic rings. The molecule has 0 saturated heterocycles. The van der Waals surface area contributed by atoms with Crippen LogP contribution in [0, 0.1) is 0 Å². The molecule has 0 saturated carbocycles. The number of nitrogens with zero attached hydrogens (tertiary/aromatic N) is 1. The predicted molar refractivity (Wildman–Crippen MR) is 65.3 cm³/mol. The third-order valence-electron chi connectivity index (χ3n) is 1.07. The van der Waals surface area contributed by atoms with E-state index in [1.165, 1.54) is 13.0 Å². The van der Waals surface area contributed by atoms with Crippen molar-refractivity contribution in [1.29, 1.82) is 0 Å². The van der Waals surface area contributed by atoms with E-state index >= 15 is 0 Å². The summed E-state index contributed by atoms with van der Waals surface area (Å²) in [6.45, 7) is 6.45. The van der Waals surface area contributed by atoms with Crippen LogP contribution in [-0.4, -0.2) is 57.9 Å². The number of phosphoric acid groups is 1. The number of carboxylic acid groups (broad SMARTS) is 1. The predicted octanol–water partition coefficient (Wildman–Crippen LogP) is 0.431. The molecule has 7 nitrogen and oxygen atoms in total. The van der Waals surface area contributed by atoms with Crippen LogP contribution in [0.15, 0.2) is 12.7 Å². The van der Waals surface area contributed by atoms with Gasteiger partial charge < -0.3 is 24.3 Å². The van der Waals surface area contributed by atoms with Gasteiger partial charge >= 0.3 is 13.8 Å². The van der Waals surface area contributed by atoms with Crippen LogP contribution in [0.5, 0.6) is 0 Å². The topological polar surface area (TPSA) is 115 Å². The Hall–Kier alpha value is -0.720. The van der Waals surface area contributed by atoms with Crippen molar-refractivity contribution in [1.82, 2.24) is 0 Å². The lowest BCUT2D eigenvalue weighted by Crippen LogP contribution is -2.34. The van der Waals surface area contributed by atoms with Crippen molar-refractivity contribution in [2.45, 2.75) is 13.3 Å². The Morgan fingerprint density at radius 3 is 1.53 bits per heavy atom. The molecule has 0 aliphatic carbocycles. The van der Waals surface area contributed by atoms with Crippen LogP contribution in [0.2, 0.25) is 0 Å². The normalized spacial score (nSPS) is 10.3. The van der Waals surface area contributed by atoms with E-state index in [0.29, 0.717) is 0 Å². The maximum atomic E-state index is 9.25. The maximum absolute atomic E-state index is 9.25. The first kappa shape index (κ1) is 21.6. The molecule has 17 heavy (non-hydrogen) atoms. The first-order valence-corrected chi connectivity index (χ1v) is 6.34. The highest BCUT2D eigenvalue weighted by molar-refractivity contribution is 7.45. The van der Waals surface area contributed by atoms with E-state index in [-0.39, 0.29) is 0 Å². The van der Waals surface area contributed by atoms with Crippen molar-refractivity contribution in [3.63, 3.8) is 0 Å². The van der Waals surface area contributed by atoms with E-state index in [2.05, 4.69) is 34.6 Å². The van der Waals surface area contributed by atoms with E-state index < -0.39 is 13.8 Å². The molecule has 0 aliphatic heterocycles. The molecule has 0 aliphatic rings. The van der Waals surface area contributed by atoms with Crippen molar-refractivity contribution >= 4 is 13.8 Å². The van der Waals surface area contributed by atoms with Gasteiger partial charge in [-0.3, -0.25) is 0 Å². The molecule has 0 fully saturated rings. The molecule has 0 unspecified atom stereocenters. The number of quaternary nitrogens is 1. The number of hydrogen-bond donors (Lipinski definition) is 4. The fourth-order valence-electron chi connectivity index (χ4n) is 0.671. The largest absolute Gasteiger partial charge is 0.478 e. The molecular formula is C9H23NO6P+. The van der Waals surface area contributed by atoms with Crippen molar-refractivity contribution in [2.24, 2.45) is 0 Å². The summed E-state index contributed by atoms with van der Waals surface area (Å²) in [6.07, 6.45) is 2.11. The molecule has 0 amide bonds. The van der Waals surface area contributed by atoms with Crippen molar-refractivity contribution in [3.05, 3.63) is 12.7 Å². The van der Waals surface area contributed by atoms with E-state index in [4.69, 9.17) is 24.4 Å². The lowest BCUT2D eigenvalue weighted by atomic mass is 10.4. The molecule has 0 atom stereocenters. The highest BCUT2D eigenvalue weighted by Crippen LogP contribution is 2.25. The zero-order chi connectivity index (χ0) is 14.7. The zero-order valence-electron chi connectivity index (χ0n) is 10.7. The Morgan fingerprint density at radius 1 is 1.29 bits per heavy atom. The van der Waals surface area contributed by atoms with Crippen molar-refractivity contribution < 1.29 is 33.6 Å². The lowest BCUT2D eigenvalue weighted by Gasteiger charge is -2.22. The van der Waals surface area contributed by atoms with Crippen LogP contribution in [0.4, 0.5) is 0 Å². The average Bonchev–Trinajstić information content (AvgIpc) is 1.99. The molecule has 0 rings (SSSR count). The third-order valence-corrected chi connectivity index (χ3v) is 1.07. The summed E-state index contributed by atoms with van der Waals surface area (Å²) >= 11 is 0. The second-order valence-electron chi connectivity index (χ2n) is 4.07. The minimum Gasteiger partial charge on any atom is -0.478 e. The Bertz CT molecular complexity index is 246. The monoisotopic (exact) mass is 272 g/mol. The molecule has 8 heteroatoms. The van der Waals surface area contributed by atoms with Gasteiger partial charge in [-0.15, -0.1) is 0 Å². The van der Waals surface area contributed by atoms with Gasteiger partial charge in [0.25, 0.3) is 0 Å². The summed E-state index contributed by atoms with van der Waals surface area (Å²) in [5, 5.41) is 7.60. The summed E-state index contributed by atoms with van der Waals surface area (Å²) < 4.78 is 9.98. The molecule has 4 N–H and O–H groups in total. The van der Waals surface area contributed by atoms with Gasteiger partial charge in [0.1, 0.15) is 0 Å². The number of rotatable bonds is 3. The highest BCUT2D eigenvalue weighted by Gasteiger charge is 2.01. The Morgan fingerprint density at radius 2 is 1.53 bits per heavy atom. The first-order valence-electron chi connectivity index (χ1n) is 4.77. The molecule has 0 heterocycles. The second kappa shape index (κ2) is 10.4. The lowest BCUT2D eigenvalue weighted by molar-refractivity contribution is -0.870. The summed E-state index contributed by atoms with van der Waals surface area (Å²) in [7, 11) is 2.00. The fourth-order valence-corrected chi connectivity index (χ4v) is 0.671. The average molecular weight is 272 g/mol. The van der Waals surface area contributed by atoms with E-state index in [9.17, 15) is 4.79 Å². The van der Waals surface area contributed by atoms with Gasteiger partial charge in [0, 0.05) is 6.08 Å². The van der Waals surface area contributed by atoms with Crippen LogP contribution in [-0.2, 0) is 9.36 Å². The summed E-state index contributed by atoms with van der Waals surface area (Å²) in [5.41, 5.74) is 0. The Labute approximate surface area is 102 Å².